The molecule has 6 amide bonds. The van der Waals surface area contributed by atoms with Gasteiger partial charge in [0.1, 0.15) is 6.04 Å². The van der Waals surface area contributed by atoms with Crippen molar-refractivity contribution in [2.45, 2.75) is 25.2 Å². The standard InChI is InChI=1S/C19H19N5O6S/c1-9(25)30-17-14(16(27)23-17)21-15(26)13(22-19(29)24-7-6-20-18(24)28)11-8-31-12-5-3-2-4-10(11)12/h2-5,8,13-14,17H,6-7H2,1H3,(H,20,28)(H,21,26)(H,22,29)(H,23,27)/t13?,14-,17+/m1/s1. The highest BCUT2D eigenvalue weighted by Gasteiger charge is 2.44. The van der Waals surface area contributed by atoms with Crippen molar-refractivity contribution < 1.29 is 28.7 Å². The zero-order chi connectivity index (χ0) is 22.1. The lowest BCUT2D eigenvalue weighted by atomic mass is 10.0. The molecule has 0 aliphatic carbocycles. The maximum atomic E-state index is 13.1. The Morgan fingerprint density at radius 2 is 2.03 bits per heavy atom. The highest BCUT2D eigenvalue weighted by molar-refractivity contribution is 7.17. The van der Waals surface area contributed by atoms with Gasteiger partial charge in [-0.2, -0.15) is 0 Å². The third-order valence-electron chi connectivity index (χ3n) is 4.91. The van der Waals surface area contributed by atoms with Crippen LogP contribution in [-0.4, -0.2) is 60.1 Å². The predicted octanol–water partition coefficient (Wildman–Crippen LogP) is 0.181. The average molecular weight is 445 g/mol. The van der Waals surface area contributed by atoms with Crippen molar-refractivity contribution in [1.29, 1.82) is 0 Å². The summed E-state index contributed by atoms with van der Waals surface area (Å²) >= 11 is 1.39. The number of benzene rings is 1. The average Bonchev–Trinajstić information content (AvgIpc) is 3.35. The summed E-state index contributed by atoms with van der Waals surface area (Å²) in [4.78, 5) is 61.7. The minimum atomic E-state index is -1.18. The third kappa shape index (κ3) is 4.01. The first-order chi connectivity index (χ1) is 14.8. The van der Waals surface area contributed by atoms with E-state index in [9.17, 15) is 24.0 Å². The number of imide groups is 1. The Bertz CT molecular complexity index is 1080. The van der Waals surface area contributed by atoms with Crippen molar-refractivity contribution in [3.8, 4) is 0 Å². The molecule has 12 heteroatoms. The summed E-state index contributed by atoms with van der Waals surface area (Å²) in [5.74, 6) is -1.80. The van der Waals surface area contributed by atoms with Crippen molar-refractivity contribution in [3.05, 3.63) is 35.2 Å². The fourth-order valence-corrected chi connectivity index (χ4v) is 4.37. The van der Waals surface area contributed by atoms with Gasteiger partial charge in [-0.15, -0.1) is 11.3 Å². The van der Waals surface area contributed by atoms with Gasteiger partial charge in [0, 0.05) is 30.3 Å². The second-order valence-electron chi connectivity index (χ2n) is 6.98. The van der Waals surface area contributed by atoms with Crippen LogP contribution in [0.25, 0.3) is 10.1 Å². The number of carbonyl (C=O) groups is 5. The number of carbonyl (C=O) groups excluding carboxylic acids is 5. The first-order valence-corrected chi connectivity index (χ1v) is 10.3. The second-order valence-corrected chi connectivity index (χ2v) is 7.89. The van der Waals surface area contributed by atoms with Crippen LogP contribution in [0.2, 0.25) is 0 Å². The number of hydrogen-bond acceptors (Lipinski definition) is 7. The van der Waals surface area contributed by atoms with E-state index in [0.717, 1.165) is 15.0 Å². The van der Waals surface area contributed by atoms with Gasteiger partial charge in [0.2, 0.25) is 12.1 Å². The van der Waals surface area contributed by atoms with Crippen LogP contribution in [-0.2, 0) is 19.1 Å². The number of rotatable bonds is 5. The molecule has 0 spiro atoms. The number of thiophene rings is 1. The van der Waals surface area contributed by atoms with Crippen molar-refractivity contribution >= 4 is 51.3 Å². The number of ether oxygens (including phenoxy) is 1. The van der Waals surface area contributed by atoms with Gasteiger partial charge < -0.3 is 26.0 Å². The maximum absolute atomic E-state index is 13.1. The third-order valence-corrected chi connectivity index (χ3v) is 5.90. The Morgan fingerprint density at radius 3 is 2.71 bits per heavy atom. The molecule has 0 radical (unpaired) electrons. The molecule has 4 rings (SSSR count). The molecule has 1 unspecified atom stereocenters. The van der Waals surface area contributed by atoms with Crippen molar-refractivity contribution in [2.24, 2.45) is 0 Å². The normalized spacial score (nSPS) is 21.0. The van der Waals surface area contributed by atoms with Crippen LogP contribution in [0, 0.1) is 0 Å². The minimum absolute atomic E-state index is 0.170. The lowest BCUT2D eigenvalue weighted by molar-refractivity contribution is -0.164. The lowest BCUT2D eigenvalue weighted by Gasteiger charge is -2.36. The van der Waals surface area contributed by atoms with Crippen molar-refractivity contribution in [3.63, 3.8) is 0 Å². The fraction of sp³-hybridized carbons (Fsp3) is 0.316. The fourth-order valence-electron chi connectivity index (χ4n) is 3.38. The molecule has 2 aliphatic heterocycles. The summed E-state index contributed by atoms with van der Waals surface area (Å²) in [6.07, 6.45) is -0.992. The van der Waals surface area contributed by atoms with Crippen LogP contribution in [0.3, 0.4) is 0 Å². The number of esters is 1. The van der Waals surface area contributed by atoms with Crippen LogP contribution in [0.4, 0.5) is 9.59 Å². The molecule has 11 nitrogen and oxygen atoms in total. The number of nitrogens with zero attached hydrogens (tertiary/aromatic N) is 1. The van der Waals surface area contributed by atoms with E-state index in [4.69, 9.17) is 4.74 Å². The van der Waals surface area contributed by atoms with Crippen LogP contribution < -0.4 is 21.3 Å². The van der Waals surface area contributed by atoms with Crippen molar-refractivity contribution in [1.82, 2.24) is 26.2 Å². The minimum Gasteiger partial charge on any atom is -0.439 e. The van der Waals surface area contributed by atoms with E-state index in [0.29, 0.717) is 12.1 Å². The predicted molar refractivity (Wildman–Crippen MR) is 109 cm³/mol. The van der Waals surface area contributed by atoms with Gasteiger partial charge in [-0.1, -0.05) is 18.2 Å². The molecule has 2 saturated heterocycles. The number of fused-ring (bicyclic) bond motifs is 1. The monoisotopic (exact) mass is 445 g/mol. The Labute approximate surface area is 180 Å². The first kappa shape index (κ1) is 20.6. The molecular weight excluding hydrogens is 426 g/mol. The number of nitrogens with one attached hydrogen (secondary N) is 4. The van der Waals surface area contributed by atoms with E-state index in [1.54, 1.807) is 11.4 Å². The molecule has 2 fully saturated rings. The van der Waals surface area contributed by atoms with E-state index in [2.05, 4.69) is 21.3 Å². The van der Waals surface area contributed by atoms with E-state index < -0.39 is 48.2 Å². The van der Waals surface area contributed by atoms with Gasteiger partial charge in [-0.05, 0) is 16.8 Å². The molecule has 3 atom stereocenters. The van der Waals surface area contributed by atoms with E-state index in [1.807, 2.05) is 18.2 Å². The molecule has 1 aromatic carbocycles. The summed E-state index contributed by atoms with van der Waals surface area (Å²) in [5.41, 5.74) is 0.523. The van der Waals surface area contributed by atoms with Crippen LogP contribution in [0.5, 0.6) is 0 Å². The van der Waals surface area contributed by atoms with Gasteiger partial charge in [0.25, 0.3) is 5.91 Å². The molecular formula is C19H19N5O6S. The number of hydrogen-bond donors (Lipinski definition) is 4. The summed E-state index contributed by atoms with van der Waals surface area (Å²) in [7, 11) is 0. The van der Waals surface area contributed by atoms with Gasteiger partial charge in [0.05, 0.1) is 0 Å². The number of β-lactam (4-membered cyclic amide) rings is 1. The Morgan fingerprint density at radius 1 is 1.26 bits per heavy atom. The van der Waals surface area contributed by atoms with Gasteiger partial charge >= 0.3 is 18.0 Å². The summed E-state index contributed by atoms with van der Waals surface area (Å²) in [6, 6.07) is 3.80. The largest absolute Gasteiger partial charge is 0.439 e. The van der Waals surface area contributed by atoms with Gasteiger partial charge in [-0.3, -0.25) is 14.4 Å². The van der Waals surface area contributed by atoms with Crippen LogP contribution in [0.15, 0.2) is 29.6 Å². The lowest BCUT2D eigenvalue weighted by Crippen LogP contribution is -2.71. The smallest absolute Gasteiger partial charge is 0.326 e. The SMILES string of the molecule is CC(=O)O[C@@H]1NC(=O)[C@H]1NC(=O)C(NC(=O)N1CCNC1=O)c1csc2ccccc12. The zero-order valence-corrected chi connectivity index (χ0v) is 17.2. The summed E-state index contributed by atoms with van der Waals surface area (Å²) < 4.78 is 5.86. The van der Waals surface area contributed by atoms with E-state index >= 15 is 0 Å². The Balaban J connectivity index is 1.59. The van der Waals surface area contributed by atoms with Crippen LogP contribution in [0.1, 0.15) is 18.5 Å². The molecule has 1 aromatic heterocycles. The van der Waals surface area contributed by atoms with Crippen molar-refractivity contribution in [2.75, 3.05) is 13.1 Å². The van der Waals surface area contributed by atoms with Crippen LogP contribution >= 0.6 is 11.3 Å². The number of amides is 6. The van der Waals surface area contributed by atoms with E-state index in [-0.39, 0.29) is 6.54 Å². The quantitative estimate of drug-likeness (QED) is 0.382. The maximum Gasteiger partial charge on any atom is 0.326 e. The molecule has 0 bridgehead atoms. The molecule has 0 saturated carbocycles. The molecule has 31 heavy (non-hydrogen) atoms. The van der Waals surface area contributed by atoms with Gasteiger partial charge in [0.15, 0.2) is 6.04 Å². The zero-order valence-electron chi connectivity index (χ0n) is 16.3. The summed E-state index contributed by atoms with van der Waals surface area (Å²) in [5, 5.41) is 12.5. The highest BCUT2D eigenvalue weighted by atomic mass is 32.1. The van der Waals surface area contributed by atoms with Gasteiger partial charge in [-0.25, -0.2) is 14.5 Å². The molecule has 4 N–H and O–H groups in total. The molecule has 2 aromatic rings. The van der Waals surface area contributed by atoms with E-state index in [1.165, 1.54) is 18.3 Å². The Hall–Kier alpha value is -3.67. The number of urea groups is 2. The Kier molecular flexibility index (Phi) is 5.46. The first-order valence-electron chi connectivity index (χ1n) is 9.45. The second kappa shape index (κ2) is 8.22. The molecule has 3 heterocycles. The molecule has 2 aliphatic rings. The topological polar surface area (TPSA) is 146 Å². The summed E-state index contributed by atoms with van der Waals surface area (Å²) in [6.45, 7) is 1.67. The highest BCUT2D eigenvalue weighted by Crippen LogP contribution is 2.31. The molecule has 162 valence electrons.